The van der Waals surface area contributed by atoms with Crippen molar-refractivity contribution in [1.82, 2.24) is 26.6 Å². The summed E-state index contributed by atoms with van der Waals surface area (Å²) in [4.78, 5) is 53.0. The third-order valence-corrected chi connectivity index (χ3v) is 9.53. The molecule has 3 aromatic carbocycles. The van der Waals surface area contributed by atoms with Crippen LogP contribution in [0.3, 0.4) is 0 Å². The molecule has 0 saturated carbocycles. The van der Waals surface area contributed by atoms with E-state index in [4.69, 9.17) is 0 Å². The normalized spacial score (nSPS) is 13.8. The summed E-state index contributed by atoms with van der Waals surface area (Å²) in [5, 5.41) is 14.2. The monoisotopic (exact) mass is 756 g/mol. The second kappa shape index (κ2) is 19.3. The van der Waals surface area contributed by atoms with Crippen molar-refractivity contribution >= 4 is 39.3 Å². The molecule has 12 nitrogen and oxygen atoms in total. The van der Waals surface area contributed by atoms with Crippen LogP contribution in [0.25, 0.3) is 0 Å². The lowest BCUT2D eigenvalue weighted by molar-refractivity contribution is -0.130. The lowest BCUT2D eigenvalue weighted by atomic mass is 10.0. The van der Waals surface area contributed by atoms with Crippen LogP contribution in [-0.2, 0) is 26.0 Å². The minimum absolute atomic E-state index is 0.0657. The van der Waals surface area contributed by atoms with Gasteiger partial charge in [-0.25, -0.2) is 12.7 Å². The van der Waals surface area contributed by atoms with Crippen molar-refractivity contribution in [1.29, 1.82) is 0 Å². The number of aryl methyl sites for hydroxylation is 1. The number of carbonyl (C=O) groups is 4. The van der Waals surface area contributed by atoms with Gasteiger partial charge in [0.15, 0.2) is 0 Å². The number of likely N-dealkylation sites (N-methyl/N-ethyl adjacent to an activating group) is 1. The van der Waals surface area contributed by atoms with Crippen molar-refractivity contribution in [3.63, 3.8) is 0 Å². The van der Waals surface area contributed by atoms with Crippen LogP contribution in [0.15, 0.2) is 72.8 Å². The van der Waals surface area contributed by atoms with E-state index < -0.39 is 64.1 Å². The van der Waals surface area contributed by atoms with Crippen LogP contribution >= 0.6 is 0 Å². The number of anilines is 1. The summed E-state index contributed by atoms with van der Waals surface area (Å²) < 4.78 is 53.2. The summed E-state index contributed by atoms with van der Waals surface area (Å²) in [7, 11) is -4.54. The molecule has 3 rings (SSSR count). The molecule has 0 spiro atoms. The zero-order valence-corrected chi connectivity index (χ0v) is 31.9. The zero-order chi connectivity index (χ0) is 39.5. The number of nitrogens with one attached hydrogen (secondary N) is 5. The lowest BCUT2D eigenvalue weighted by Gasteiger charge is -2.26. The first-order chi connectivity index (χ1) is 24.9. The number of benzene rings is 3. The topological polar surface area (TPSA) is 166 Å². The van der Waals surface area contributed by atoms with E-state index in [1.165, 1.54) is 6.07 Å². The number of sulfonamides is 1. The molecule has 0 fully saturated rings. The summed E-state index contributed by atoms with van der Waals surface area (Å²) in [6.07, 6.45) is 0.888. The SMILES string of the molecule is CCNC(=O)[C@@H](NC(=O)[C@H](C)NC[C@H](Cc1ccccc1)NC(=O)c1cc(C(=O)N[C@H](C)c2cccc(C)c2)cc(N(C(F)F)S(C)(=O)=O)c1)C(C)C. The molecule has 5 N–H and O–H groups in total. The van der Waals surface area contributed by atoms with Crippen LogP contribution < -0.4 is 30.9 Å². The molecule has 0 aliphatic heterocycles. The Labute approximate surface area is 310 Å². The fourth-order valence-electron chi connectivity index (χ4n) is 5.60. The number of rotatable bonds is 18. The van der Waals surface area contributed by atoms with E-state index >= 15 is 0 Å². The Morgan fingerprint density at radius 1 is 0.792 bits per heavy atom. The smallest absolute Gasteiger partial charge is 0.327 e. The van der Waals surface area contributed by atoms with Crippen LogP contribution in [-0.4, -0.2) is 76.1 Å². The first kappa shape index (κ1) is 42.5. The van der Waals surface area contributed by atoms with Crippen LogP contribution in [0, 0.1) is 12.8 Å². The highest BCUT2D eigenvalue weighted by Gasteiger charge is 2.30. The fourth-order valence-corrected chi connectivity index (χ4v) is 6.38. The predicted octanol–water partition coefficient (Wildman–Crippen LogP) is 4.07. The van der Waals surface area contributed by atoms with E-state index in [1.54, 1.807) is 20.8 Å². The summed E-state index contributed by atoms with van der Waals surface area (Å²) in [5.74, 6) is -2.41. The Balaban J connectivity index is 1.93. The molecule has 0 bridgehead atoms. The first-order valence-electron chi connectivity index (χ1n) is 17.4. The highest BCUT2D eigenvalue weighted by molar-refractivity contribution is 7.92. The molecular weight excluding hydrogens is 707 g/mol. The minimum Gasteiger partial charge on any atom is -0.355 e. The number of hydrogen-bond donors (Lipinski definition) is 5. The van der Waals surface area contributed by atoms with Gasteiger partial charge in [-0.3, -0.25) is 19.2 Å². The number of hydrogen-bond acceptors (Lipinski definition) is 7. The van der Waals surface area contributed by atoms with E-state index in [0.29, 0.717) is 12.8 Å². The molecule has 4 amide bonds. The van der Waals surface area contributed by atoms with Crippen molar-refractivity contribution in [2.45, 2.75) is 78.7 Å². The minimum atomic E-state index is -4.54. The standard InChI is InChI=1S/C38H50F2N6O6S/c1-8-41-37(50)33(23(2)3)45-34(47)26(6)42-22-31(18-27-14-10-9-11-15-27)44-36(49)30-19-29(20-32(21-30)46(38(39)40)53(7,51)52)35(48)43-25(5)28-16-12-13-24(4)17-28/h9-17,19-21,23,25-26,31,33,38,42H,8,18,22H2,1-7H3,(H,41,50)(H,43,48)(H,44,49)(H,45,47)/t25-,26+,31+,33+/m1/s1. The van der Waals surface area contributed by atoms with Gasteiger partial charge in [-0.05, 0) is 69.4 Å². The molecule has 4 atom stereocenters. The van der Waals surface area contributed by atoms with E-state index in [0.717, 1.165) is 28.8 Å². The van der Waals surface area contributed by atoms with Crippen LogP contribution in [0.1, 0.15) is 78.1 Å². The van der Waals surface area contributed by atoms with E-state index in [-0.39, 0.29) is 40.2 Å². The van der Waals surface area contributed by atoms with Gasteiger partial charge in [0, 0.05) is 30.3 Å². The third kappa shape index (κ3) is 12.6. The largest absolute Gasteiger partial charge is 0.355 e. The van der Waals surface area contributed by atoms with Gasteiger partial charge in [0.1, 0.15) is 6.04 Å². The molecule has 288 valence electrons. The molecule has 0 aliphatic carbocycles. The van der Waals surface area contributed by atoms with Gasteiger partial charge in [0.2, 0.25) is 21.8 Å². The zero-order valence-electron chi connectivity index (χ0n) is 31.1. The Morgan fingerprint density at radius 3 is 1.96 bits per heavy atom. The molecular formula is C38H50F2N6O6S. The fraction of sp³-hybridized carbons (Fsp3) is 0.421. The number of nitrogens with zero attached hydrogens (tertiary/aromatic N) is 1. The van der Waals surface area contributed by atoms with Gasteiger partial charge in [-0.1, -0.05) is 74.0 Å². The molecule has 0 heterocycles. The van der Waals surface area contributed by atoms with Gasteiger partial charge in [-0.15, -0.1) is 0 Å². The maximum Gasteiger partial charge on any atom is 0.327 e. The first-order valence-corrected chi connectivity index (χ1v) is 19.2. The number of alkyl halides is 2. The molecule has 53 heavy (non-hydrogen) atoms. The van der Waals surface area contributed by atoms with Crippen molar-refractivity contribution in [3.8, 4) is 0 Å². The van der Waals surface area contributed by atoms with Crippen molar-refractivity contribution < 1.29 is 36.4 Å². The molecule has 0 saturated heterocycles. The highest BCUT2D eigenvalue weighted by Crippen LogP contribution is 2.26. The van der Waals surface area contributed by atoms with Gasteiger partial charge >= 0.3 is 6.55 Å². The molecule has 0 aliphatic rings. The maximum absolute atomic E-state index is 14.2. The molecule has 15 heteroatoms. The Kier molecular flexibility index (Phi) is 15.5. The highest BCUT2D eigenvalue weighted by atomic mass is 32.2. The lowest BCUT2D eigenvalue weighted by Crippen LogP contribution is -2.55. The Bertz CT molecular complexity index is 1840. The van der Waals surface area contributed by atoms with Gasteiger partial charge in [0.25, 0.3) is 11.8 Å². The third-order valence-electron chi connectivity index (χ3n) is 8.44. The second-order valence-electron chi connectivity index (χ2n) is 13.3. The summed E-state index contributed by atoms with van der Waals surface area (Å²) in [5.41, 5.74) is 1.55. The van der Waals surface area contributed by atoms with Crippen molar-refractivity contribution in [2.24, 2.45) is 5.92 Å². The number of halogens is 2. The number of amides is 4. The Hall–Kier alpha value is -4.89. The van der Waals surface area contributed by atoms with Gasteiger partial charge in [0.05, 0.1) is 24.0 Å². The van der Waals surface area contributed by atoms with Crippen LogP contribution in [0.2, 0.25) is 0 Å². The predicted molar refractivity (Wildman–Crippen MR) is 201 cm³/mol. The van der Waals surface area contributed by atoms with Crippen molar-refractivity contribution in [3.05, 3.63) is 101 Å². The summed E-state index contributed by atoms with van der Waals surface area (Å²) in [6, 6.07) is 17.0. The van der Waals surface area contributed by atoms with Crippen LogP contribution in [0.4, 0.5) is 14.5 Å². The Morgan fingerprint density at radius 2 is 1.42 bits per heavy atom. The molecule has 3 aromatic rings. The van der Waals surface area contributed by atoms with Crippen LogP contribution in [0.5, 0.6) is 0 Å². The van der Waals surface area contributed by atoms with E-state index in [1.807, 2.05) is 75.4 Å². The second-order valence-corrected chi connectivity index (χ2v) is 15.2. The average molecular weight is 757 g/mol. The maximum atomic E-state index is 14.2. The molecule has 0 radical (unpaired) electrons. The summed E-state index contributed by atoms with van der Waals surface area (Å²) >= 11 is 0. The average Bonchev–Trinajstić information content (AvgIpc) is 3.08. The molecule has 0 aromatic heterocycles. The molecule has 0 unspecified atom stereocenters. The van der Waals surface area contributed by atoms with E-state index in [2.05, 4.69) is 26.6 Å². The number of carbonyl (C=O) groups excluding carboxylic acids is 4. The summed E-state index contributed by atoms with van der Waals surface area (Å²) in [6.45, 7) is 7.62. The van der Waals surface area contributed by atoms with Crippen molar-refractivity contribution in [2.75, 3.05) is 23.7 Å². The van der Waals surface area contributed by atoms with Gasteiger partial charge < -0.3 is 26.6 Å². The quantitative estimate of drug-likeness (QED) is 0.122. The van der Waals surface area contributed by atoms with E-state index in [9.17, 15) is 36.4 Å². The van der Waals surface area contributed by atoms with Gasteiger partial charge in [-0.2, -0.15) is 8.78 Å².